The predicted molar refractivity (Wildman–Crippen MR) is 70.0 cm³/mol. The predicted octanol–water partition coefficient (Wildman–Crippen LogP) is 0.540. The molecule has 0 amide bonds. The van der Waals surface area contributed by atoms with E-state index in [1.165, 1.54) is 0 Å². The van der Waals surface area contributed by atoms with Crippen molar-refractivity contribution in [3.05, 3.63) is 36.0 Å². The zero-order valence-electron chi connectivity index (χ0n) is 10.1. The number of para-hydroxylation sites is 1. The molecular formula is C13H17N3O2. The Balaban J connectivity index is 2.07. The number of ether oxygens (including phenoxy) is 1. The highest BCUT2D eigenvalue weighted by molar-refractivity contribution is 5.84. The van der Waals surface area contributed by atoms with Gasteiger partial charge in [-0.1, -0.05) is 18.2 Å². The summed E-state index contributed by atoms with van der Waals surface area (Å²) in [6, 6.07) is 7.24. The van der Waals surface area contributed by atoms with Crippen molar-refractivity contribution >= 4 is 16.9 Å². The van der Waals surface area contributed by atoms with Crippen LogP contribution in [-0.4, -0.2) is 30.1 Å². The lowest BCUT2D eigenvalue weighted by atomic mass is 10.1. The Kier molecular flexibility index (Phi) is 3.96. The van der Waals surface area contributed by atoms with Crippen molar-refractivity contribution in [1.29, 1.82) is 0 Å². The standard InChI is InChI=1S/C13H17N3O2/c14-5-6-18-13(17)11(15)7-9-8-16-12-4-2-1-3-10(9)12/h1-4,8,11,16H,5-7,14-15H2. The van der Waals surface area contributed by atoms with Crippen molar-refractivity contribution in [2.75, 3.05) is 13.2 Å². The molecule has 0 radical (unpaired) electrons. The van der Waals surface area contributed by atoms with Gasteiger partial charge in [-0.05, 0) is 11.6 Å². The summed E-state index contributed by atoms with van der Waals surface area (Å²) >= 11 is 0. The van der Waals surface area contributed by atoms with Crippen molar-refractivity contribution in [2.24, 2.45) is 11.5 Å². The molecule has 1 aromatic heterocycles. The molecule has 0 aliphatic heterocycles. The maximum absolute atomic E-state index is 11.6. The molecule has 0 spiro atoms. The van der Waals surface area contributed by atoms with E-state index in [2.05, 4.69) is 4.98 Å². The normalized spacial score (nSPS) is 12.6. The van der Waals surface area contributed by atoms with Crippen LogP contribution >= 0.6 is 0 Å². The molecule has 5 heteroatoms. The number of aromatic nitrogens is 1. The number of nitrogens with one attached hydrogen (secondary N) is 1. The lowest BCUT2D eigenvalue weighted by Crippen LogP contribution is -2.35. The van der Waals surface area contributed by atoms with Crippen LogP contribution in [0.1, 0.15) is 5.56 Å². The Hall–Kier alpha value is -1.85. The number of hydrogen-bond acceptors (Lipinski definition) is 4. The minimum absolute atomic E-state index is 0.209. The third-order valence-corrected chi connectivity index (χ3v) is 2.78. The highest BCUT2D eigenvalue weighted by Gasteiger charge is 2.17. The zero-order chi connectivity index (χ0) is 13.0. The zero-order valence-corrected chi connectivity index (χ0v) is 10.1. The van der Waals surface area contributed by atoms with Crippen LogP contribution in [0.25, 0.3) is 10.9 Å². The molecule has 2 aromatic rings. The third-order valence-electron chi connectivity index (χ3n) is 2.78. The van der Waals surface area contributed by atoms with Gasteiger partial charge in [0.05, 0.1) is 0 Å². The molecule has 5 N–H and O–H groups in total. The SMILES string of the molecule is NCCOC(=O)C(N)Cc1c[nH]c2ccccc12. The second-order valence-corrected chi connectivity index (χ2v) is 4.13. The first-order valence-corrected chi connectivity index (χ1v) is 5.89. The summed E-state index contributed by atoms with van der Waals surface area (Å²) in [5.74, 6) is -0.411. The average molecular weight is 247 g/mol. The van der Waals surface area contributed by atoms with Gasteiger partial charge in [0.15, 0.2) is 0 Å². The van der Waals surface area contributed by atoms with Gasteiger partial charge in [-0.3, -0.25) is 4.79 Å². The number of fused-ring (bicyclic) bond motifs is 1. The van der Waals surface area contributed by atoms with E-state index in [9.17, 15) is 4.79 Å². The molecule has 0 aliphatic carbocycles. The Morgan fingerprint density at radius 1 is 1.39 bits per heavy atom. The van der Waals surface area contributed by atoms with E-state index in [0.29, 0.717) is 13.0 Å². The summed E-state index contributed by atoms with van der Waals surface area (Å²) in [4.78, 5) is 14.7. The molecule has 0 saturated carbocycles. The van der Waals surface area contributed by atoms with Crippen molar-refractivity contribution in [1.82, 2.24) is 4.98 Å². The van der Waals surface area contributed by atoms with Crippen molar-refractivity contribution < 1.29 is 9.53 Å². The summed E-state index contributed by atoms with van der Waals surface area (Å²) in [5, 5.41) is 1.08. The van der Waals surface area contributed by atoms with Crippen LogP contribution < -0.4 is 11.5 Å². The summed E-state index contributed by atoms with van der Waals surface area (Å²) in [7, 11) is 0. The smallest absolute Gasteiger partial charge is 0.323 e. The summed E-state index contributed by atoms with van der Waals surface area (Å²) in [6.07, 6.45) is 2.33. The van der Waals surface area contributed by atoms with Gasteiger partial charge in [0.2, 0.25) is 0 Å². The number of benzene rings is 1. The molecule has 18 heavy (non-hydrogen) atoms. The fourth-order valence-corrected chi connectivity index (χ4v) is 1.89. The van der Waals surface area contributed by atoms with Crippen LogP contribution in [0.3, 0.4) is 0 Å². The van der Waals surface area contributed by atoms with Crippen molar-refractivity contribution in [2.45, 2.75) is 12.5 Å². The minimum atomic E-state index is -0.657. The molecule has 0 aliphatic rings. The molecule has 1 atom stereocenters. The number of hydrogen-bond donors (Lipinski definition) is 3. The quantitative estimate of drug-likeness (QED) is 0.672. The topological polar surface area (TPSA) is 94.1 Å². The van der Waals surface area contributed by atoms with Gasteiger partial charge in [-0.25, -0.2) is 0 Å². The van der Waals surface area contributed by atoms with Crippen LogP contribution in [0.15, 0.2) is 30.5 Å². The van der Waals surface area contributed by atoms with Gasteiger partial charge in [0, 0.05) is 30.1 Å². The summed E-state index contributed by atoms with van der Waals surface area (Å²) in [6.45, 7) is 0.520. The van der Waals surface area contributed by atoms with E-state index in [-0.39, 0.29) is 6.61 Å². The lowest BCUT2D eigenvalue weighted by Gasteiger charge is -2.10. The number of nitrogens with two attached hydrogens (primary N) is 2. The molecule has 5 nitrogen and oxygen atoms in total. The lowest BCUT2D eigenvalue weighted by molar-refractivity contribution is -0.144. The van der Waals surface area contributed by atoms with Crippen LogP contribution in [0.2, 0.25) is 0 Å². The number of carbonyl (C=O) groups is 1. The monoisotopic (exact) mass is 247 g/mol. The first-order valence-electron chi connectivity index (χ1n) is 5.89. The number of aromatic amines is 1. The minimum Gasteiger partial charge on any atom is -0.463 e. The van der Waals surface area contributed by atoms with Crippen molar-refractivity contribution in [3.8, 4) is 0 Å². The van der Waals surface area contributed by atoms with Gasteiger partial charge >= 0.3 is 5.97 Å². The highest BCUT2D eigenvalue weighted by Crippen LogP contribution is 2.18. The van der Waals surface area contributed by atoms with Gasteiger partial charge in [0.25, 0.3) is 0 Å². The molecule has 1 unspecified atom stereocenters. The van der Waals surface area contributed by atoms with Crippen LogP contribution in [0.4, 0.5) is 0 Å². The summed E-state index contributed by atoms with van der Waals surface area (Å²) in [5.41, 5.74) is 13.1. The molecule has 0 saturated heterocycles. The summed E-state index contributed by atoms with van der Waals surface area (Å²) < 4.78 is 4.91. The van der Waals surface area contributed by atoms with Crippen LogP contribution in [-0.2, 0) is 16.0 Å². The maximum Gasteiger partial charge on any atom is 0.323 e. The van der Waals surface area contributed by atoms with E-state index in [1.54, 1.807) is 0 Å². The van der Waals surface area contributed by atoms with E-state index in [0.717, 1.165) is 16.5 Å². The maximum atomic E-state index is 11.6. The second kappa shape index (κ2) is 5.66. The first-order chi connectivity index (χ1) is 8.72. The van der Waals surface area contributed by atoms with Gasteiger partial charge in [-0.2, -0.15) is 0 Å². The molecule has 1 aromatic carbocycles. The van der Waals surface area contributed by atoms with Gasteiger partial charge in [-0.15, -0.1) is 0 Å². The fourth-order valence-electron chi connectivity index (χ4n) is 1.89. The Bertz CT molecular complexity index is 536. The Labute approximate surface area is 105 Å². The van der Waals surface area contributed by atoms with Gasteiger partial charge < -0.3 is 21.2 Å². The van der Waals surface area contributed by atoms with Crippen molar-refractivity contribution in [3.63, 3.8) is 0 Å². The second-order valence-electron chi connectivity index (χ2n) is 4.13. The Morgan fingerprint density at radius 3 is 2.94 bits per heavy atom. The van der Waals surface area contributed by atoms with E-state index in [1.807, 2.05) is 30.5 Å². The number of rotatable bonds is 5. The Morgan fingerprint density at radius 2 is 2.17 bits per heavy atom. The van der Waals surface area contributed by atoms with E-state index < -0.39 is 12.0 Å². The van der Waals surface area contributed by atoms with Crippen LogP contribution in [0, 0.1) is 0 Å². The molecule has 2 rings (SSSR count). The average Bonchev–Trinajstić information content (AvgIpc) is 2.79. The van der Waals surface area contributed by atoms with E-state index in [4.69, 9.17) is 16.2 Å². The highest BCUT2D eigenvalue weighted by atomic mass is 16.5. The molecule has 96 valence electrons. The molecule has 0 fully saturated rings. The molecular weight excluding hydrogens is 230 g/mol. The number of carbonyl (C=O) groups excluding carboxylic acids is 1. The number of esters is 1. The van der Waals surface area contributed by atoms with Gasteiger partial charge in [0.1, 0.15) is 12.6 Å². The fraction of sp³-hybridized carbons (Fsp3) is 0.308. The largest absolute Gasteiger partial charge is 0.463 e. The molecule has 0 bridgehead atoms. The first kappa shape index (κ1) is 12.6. The third kappa shape index (κ3) is 2.69. The number of H-pyrrole nitrogens is 1. The van der Waals surface area contributed by atoms with Crippen LogP contribution in [0.5, 0.6) is 0 Å². The van der Waals surface area contributed by atoms with E-state index >= 15 is 0 Å². The molecule has 1 heterocycles.